The number of nitrogens with zero attached hydrogens (tertiary/aromatic N) is 1. The molecule has 3 N–H and O–H groups in total. The fourth-order valence-electron chi connectivity index (χ4n) is 1.73. The maximum Gasteiger partial charge on any atom is 0.245 e. The fourth-order valence-corrected chi connectivity index (χ4v) is 1.73. The largest absolute Gasteiger partial charge is 0.368 e. The minimum atomic E-state index is -0.519. The minimum Gasteiger partial charge on any atom is -0.368 e. The Morgan fingerprint density at radius 1 is 1.16 bits per heavy atom. The highest BCUT2D eigenvalue weighted by molar-refractivity contribution is 5.74. The van der Waals surface area contributed by atoms with Crippen LogP contribution in [0.3, 0.4) is 0 Å². The number of nitrogens with one attached hydrogen (secondary N) is 1. The molecule has 0 saturated heterocycles. The standard InChI is InChI=1S/C14H15N3O2/c15-13(18)10-19-17-14(11-4-2-1-3-5-11)12-6-8-16-9-7-12/h1-9,14,17H,10H2,(H2,15,18). The van der Waals surface area contributed by atoms with Gasteiger partial charge in [0, 0.05) is 12.4 Å². The fraction of sp³-hybridized carbons (Fsp3) is 0.143. The van der Waals surface area contributed by atoms with Gasteiger partial charge in [-0.3, -0.25) is 14.6 Å². The summed E-state index contributed by atoms with van der Waals surface area (Å²) in [5.74, 6) is -0.519. The Morgan fingerprint density at radius 2 is 1.79 bits per heavy atom. The van der Waals surface area contributed by atoms with E-state index in [0.717, 1.165) is 11.1 Å². The second-order valence-corrected chi connectivity index (χ2v) is 4.00. The molecule has 0 radical (unpaired) electrons. The molecule has 5 nitrogen and oxygen atoms in total. The predicted octanol–water partition coefficient (Wildman–Crippen LogP) is 1.18. The summed E-state index contributed by atoms with van der Waals surface area (Å²) in [5, 5.41) is 0. The molecule has 1 unspecified atom stereocenters. The molecule has 2 rings (SSSR count). The maximum absolute atomic E-state index is 10.7. The van der Waals surface area contributed by atoms with Gasteiger partial charge in [-0.05, 0) is 23.3 Å². The zero-order chi connectivity index (χ0) is 13.5. The van der Waals surface area contributed by atoms with E-state index in [1.54, 1.807) is 12.4 Å². The van der Waals surface area contributed by atoms with Crippen molar-refractivity contribution < 1.29 is 9.63 Å². The maximum atomic E-state index is 10.7. The van der Waals surface area contributed by atoms with Crippen LogP contribution in [0.25, 0.3) is 0 Å². The lowest BCUT2D eigenvalue weighted by molar-refractivity contribution is -0.125. The number of hydrogen-bond acceptors (Lipinski definition) is 4. The normalized spacial score (nSPS) is 12.0. The third-order valence-electron chi connectivity index (χ3n) is 2.59. The van der Waals surface area contributed by atoms with E-state index < -0.39 is 5.91 Å². The van der Waals surface area contributed by atoms with Crippen LogP contribution in [0.15, 0.2) is 54.9 Å². The number of amides is 1. The van der Waals surface area contributed by atoms with Crippen LogP contribution in [-0.2, 0) is 9.63 Å². The van der Waals surface area contributed by atoms with Crippen molar-refractivity contribution in [2.45, 2.75) is 6.04 Å². The molecule has 0 aliphatic rings. The lowest BCUT2D eigenvalue weighted by atomic mass is 10.0. The number of carbonyl (C=O) groups excluding carboxylic acids is 1. The van der Waals surface area contributed by atoms with Crippen molar-refractivity contribution in [2.75, 3.05) is 6.61 Å². The molecule has 0 aliphatic carbocycles. The molecule has 0 fully saturated rings. The van der Waals surface area contributed by atoms with Crippen LogP contribution < -0.4 is 11.2 Å². The number of hydrogen-bond donors (Lipinski definition) is 2. The molecule has 1 amide bonds. The third kappa shape index (κ3) is 3.87. The monoisotopic (exact) mass is 257 g/mol. The zero-order valence-corrected chi connectivity index (χ0v) is 10.3. The van der Waals surface area contributed by atoms with Crippen molar-refractivity contribution in [3.63, 3.8) is 0 Å². The molecule has 0 saturated carbocycles. The second kappa shape index (κ2) is 6.63. The van der Waals surface area contributed by atoms with Gasteiger partial charge in [0.15, 0.2) is 0 Å². The van der Waals surface area contributed by atoms with Crippen molar-refractivity contribution in [1.29, 1.82) is 0 Å². The quantitative estimate of drug-likeness (QED) is 0.762. The molecule has 0 aliphatic heterocycles. The van der Waals surface area contributed by atoms with Gasteiger partial charge in [0.25, 0.3) is 0 Å². The zero-order valence-electron chi connectivity index (χ0n) is 10.3. The Hall–Kier alpha value is -2.24. The van der Waals surface area contributed by atoms with Crippen molar-refractivity contribution in [1.82, 2.24) is 10.5 Å². The SMILES string of the molecule is NC(=O)CONC(c1ccccc1)c1ccncc1. The number of rotatable bonds is 6. The number of carbonyl (C=O) groups is 1. The molecule has 2 aromatic rings. The average molecular weight is 257 g/mol. The van der Waals surface area contributed by atoms with Gasteiger partial charge in [-0.1, -0.05) is 30.3 Å². The van der Waals surface area contributed by atoms with Crippen LogP contribution in [0.1, 0.15) is 17.2 Å². The van der Waals surface area contributed by atoms with Crippen LogP contribution in [0.4, 0.5) is 0 Å². The highest BCUT2D eigenvalue weighted by Crippen LogP contribution is 2.20. The average Bonchev–Trinajstić information content (AvgIpc) is 2.45. The summed E-state index contributed by atoms with van der Waals surface area (Å²) in [4.78, 5) is 19.8. The van der Waals surface area contributed by atoms with E-state index in [1.165, 1.54) is 0 Å². The molecule has 1 atom stereocenters. The number of benzene rings is 1. The summed E-state index contributed by atoms with van der Waals surface area (Å²) in [6, 6.07) is 13.4. The van der Waals surface area contributed by atoms with Crippen molar-refractivity contribution in [3.05, 3.63) is 66.0 Å². The second-order valence-electron chi connectivity index (χ2n) is 4.00. The number of primary amides is 1. The van der Waals surface area contributed by atoms with Crippen molar-refractivity contribution in [2.24, 2.45) is 5.73 Å². The van der Waals surface area contributed by atoms with Crippen molar-refractivity contribution in [3.8, 4) is 0 Å². The topological polar surface area (TPSA) is 77.2 Å². The molecule has 98 valence electrons. The highest BCUT2D eigenvalue weighted by Gasteiger charge is 2.13. The molecule has 1 aromatic heterocycles. The van der Waals surface area contributed by atoms with Gasteiger partial charge in [0.05, 0.1) is 6.04 Å². The van der Waals surface area contributed by atoms with E-state index in [-0.39, 0.29) is 12.6 Å². The number of hydroxylamine groups is 1. The molecule has 5 heteroatoms. The summed E-state index contributed by atoms with van der Waals surface area (Å²) >= 11 is 0. The van der Waals surface area contributed by atoms with Crippen LogP contribution in [0.5, 0.6) is 0 Å². The smallest absolute Gasteiger partial charge is 0.245 e. The van der Waals surface area contributed by atoms with Gasteiger partial charge >= 0.3 is 0 Å². The van der Waals surface area contributed by atoms with E-state index >= 15 is 0 Å². The van der Waals surface area contributed by atoms with E-state index in [1.807, 2.05) is 42.5 Å². The first kappa shape index (κ1) is 13.2. The Labute approximate surface area is 111 Å². The summed E-state index contributed by atoms with van der Waals surface area (Å²) in [7, 11) is 0. The van der Waals surface area contributed by atoms with Crippen LogP contribution in [0.2, 0.25) is 0 Å². The van der Waals surface area contributed by atoms with Gasteiger partial charge in [-0.2, -0.15) is 5.48 Å². The van der Waals surface area contributed by atoms with E-state index in [0.29, 0.717) is 0 Å². The van der Waals surface area contributed by atoms with E-state index in [4.69, 9.17) is 10.6 Å². The predicted molar refractivity (Wildman–Crippen MR) is 70.8 cm³/mol. The minimum absolute atomic E-state index is 0.172. The van der Waals surface area contributed by atoms with Crippen LogP contribution >= 0.6 is 0 Å². The summed E-state index contributed by atoms with van der Waals surface area (Å²) in [6.07, 6.45) is 3.42. The van der Waals surface area contributed by atoms with Gasteiger partial charge in [-0.15, -0.1) is 0 Å². The number of aromatic nitrogens is 1. The molecule has 1 aromatic carbocycles. The van der Waals surface area contributed by atoms with Gasteiger partial charge in [0.1, 0.15) is 6.61 Å². The van der Waals surface area contributed by atoms with E-state index in [9.17, 15) is 4.79 Å². The van der Waals surface area contributed by atoms with Crippen molar-refractivity contribution >= 4 is 5.91 Å². The van der Waals surface area contributed by atoms with Crippen LogP contribution in [0, 0.1) is 0 Å². The first-order valence-corrected chi connectivity index (χ1v) is 5.88. The third-order valence-corrected chi connectivity index (χ3v) is 2.59. The lowest BCUT2D eigenvalue weighted by Gasteiger charge is -2.18. The summed E-state index contributed by atoms with van der Waals surface area (Å²) < 4.78 is 0. The molecular formula is C14H15N3O2. The van der Waals surface area contributed by atoms with Gasteiger partial charge in [-0.25, -0.2) is 0 Å². The van der Waals surface area contributed by atoms with Crippen LogP contribution in [-0.4, -0.2) is 17.5 Å². The first-order valence-electron chi connectivity index (χ1n) is 5.88. The number of nitrogens with two attached hydrogens (primary N) is 1. The molecule has 0 bridgehead atoms. The number of pyridine rings is 1. The summed E-state index contributed by atoms with van der Waals surface area (Å²) in [6.45, 7) is -0.172. The lowest BCUT2D eigenvalue weighted by Crippen LogP contribution is -2.28. The highest BCUT2D eigenvalue weighted by atomic mass is 16.6. The Balaban J connectivity index is 2.17. The van der Waals surface area contributed by atoms with Gasteiger partial charge in [0.2, 0.25) is 5.91 Å². The molecule has 0 spiro atoms. The van der Waals surface area contributed by atoms with E-state index in [2.05, 4.69) is 10.5 Å². The molecule has 1 heterocycles. The Morgan fingerprint density at radius 3 is 2.42 bits per heavy atom. The summed E-state index contributed by atoms with van der Waals surface area (Å²) in [5.41, 5.74) is 9.91. The molecule has 19 heavy (non-hydrogen) atoms. The molecular weight excluding hydrogens is 242 g/mol. The first-order chi connectivity index (χ1) is 9.27. The van der Waals surface area contributed by atoms with Gasteiger partial charge < -0.3 is 5.73 Å². The Kier molecular flexibility index (Phi) is 4.60. The Bertz CT molecular complexity index is 477.